The van der Waals surface area contributed by atoms with Crippen LogP contribution in [0.1, 0.15) is 36.6 Å². The third-order valence-corrected chi connectivity index (χ3v) is 5.39. The summed E-state index contributed by atoms with van der Waals surface area (Å²) >= 11 is 0. The number of aryl methyl sites for hydroxylation is 1. The average Bonchev–Trinajstić information content (AvgIpc) is 3.07. The molecule has 2 heterocycles. The predicted octanol–water partition coefficient (Wildman–Crippen LogP) is 0.996. The molecule has 1 fully saturated rings. The molecule has 0 bridgehead atoms. The van der Waals surface area contributed by atoms with Gasteiger partial charge in [0.1, 0.15) is 5.76 Å². The van der Waals surface area contributed by atoms with Crippen LogP contribution in [0.2, 0.25) is 0 Å². The van der Waals surface area contributed by atoms with E-state index in [9.17, 15) is 13.2 Å². The summed E-state index contributed by atoms with van der Waals surface area (Å²) in [6.07, 6.45) is 1.19. The molecule has 0 saturated carbocycles. The van der Waals surface area contributed by atoms with Gasteiger partial charge in [0.2, 0.25) is 10.0 Å². The van der Waals surface area contributed by atoms with E-state index in [0.29, 0.717) is 19.5 Å². The van der Waals surface area contributed by atoms with Crippen LogP contribution in [0, 0.1) is 0 Å². The number of nitrogens with zero attached hydrogens (tertiary/aromatic N) is 1. The van der Waals surface area contributed by atoms with E-state index < -0.39 is 15.3 Å². The highest BCUT2D eigenvalue weighted by atomic mass is 32.2. The molecular weight excluding hydrogens is 280 g/mol. The lowest BCUT2D eigenvalue weighted by molar-refractivity contribution is 0.0760. The first-order valence-electron chi connectivity index (χ1n) is 6.84. The van der Waals surface area contributed by atoms with Crippen LogP contribution in [0.15, 0.2) is 16.5 Å². The highest BCUT2D eigenvalue weighted by molar-refractivity contribution is 7.90. The Morgan fingerprint density at radius 2 is 2.20 bits per heavy atom. The second kappa shape index (κ2) is 5.97. The maximum atomic E-state index is 12.2. The number of hydrogen-bond donors (Lipinski definition) is 1. The van der Waals surface area contributed by atoms with Crippen molar-refractivity contribution in [1.29, 1.82) is 0 Å². The summed E-state index contributed by atoms with van der Waals surface area (Å²) in [4.78, 5) is 13.8. The smallest absolute Gasteiger partial charge is 0.289 e. The van der Waals surface area contributed by atoms with E-state index in [2.05, 4.69) is 4.72 Å². The van der Waals surface area contributed by atoms with Crippen LogP contribution in [-0.4, -0.2) is 44.1 Å². The molecule has 7 heteroatoms. The normalized spacial score (nSPS) is 19.5. The van der Waals surface area contributed by atoms with E-state index in [1.54, 1.807) is 19.1 Å². The zero-order valence-corrected chi connectivity index (χ0v) is 12.6. The zero-order chi connectivity index (χ0) is 14.8. The number of hydrogen-bond acceptors (Lipinski definition) is 4. The van der Waals surface area contributed by atoms with Crippen molar-refractivity contribution in [3.8, 4) is 0 Å². The van der Waals surface area contributed by atoms with E-state index in [0.717, 1.165) is 12.2 Å². The summed E-state index contributed by atoms with van der Waals surface area (Å²) in [5.41, 5.74) is 0. The summed E-state index contributed by atoms with van der Waals surface area (Å²) in [7, 11) is -3.33. The highest BCUT2D eigenvalue weighted by Crippen LogP contribution is 2.19. The molecule has 0 aromatic carbocycles. The first-order chi connectivity index (χ1) is 9.47. The quantitative estimate of drug-likeness (QED) is 0.879. The van der Waals surface area contributed by atoms with Crippen molar-refractivity contribution < 1.29 is 17.6 Å². The van der Waals surface area contributed by atoms with Gasteiger partial charge in [-0.3, -0.25) is 4.79 Å². The molecule has 2 rings (SSSR count). The molecule has 20 heavy (non-hydrogen) atoms. The lowest BCUT2D eigenvalue weighted by Crippen LogP contribution is -2.37. The maximum Gasteiger partial charge on any atom is 0.289 e. The van der Waals surface area contributed by atoms with Gasteiger partial charge in [-0.15, -0.1) is 0 Å². The van der Waals surface area contributed by atoms with E-state index in [1.807, 2.05) is 6.92 Å². The first-order valence-corrected chi connectivity index (χ1v) is 8.39. The Morgan fingerprint density at radius 1 is 1.45 bits per heavy atom. The number of rotatable bonds is 5. The Bertz CT molecular complexity index is 579. The molecule has 1 aliphatic heterocycles. The van der Waals surface area contributed by atoms with Crippen LogP contribution < -0.4 is 4.72 Å². The van der Waals surface area contributed by atoms with Crippen LogP contribution in [0.5, 0.6) is 0 Å². The standard InChI is InChI=1S/C13H20N2O4S/c1-3-10-5-6-12(19-10)13(16)15-8-7-11(9-15)20(17,18)14-4-2/h5-6,11,14H,3-4,7-9H2,1-2H3/t11-/m1/s1. The predicted molar refractivity (Wildman–Crippen MR) is 75.0 cm³/mol. The Hall–Kier alpha value is -1.34. The molecule has 1 amide bonds. The molecule has 1 saturated heterocycles. The van der Waals surface area contributed by atoms with Gasteiger partial charge in [-0.1, -0.05) is 13.8 Å². The summed E-state index contributed by atoms with van der Waals surface area (Å²) in [5.74, 6) is 0.798. The molecule has 1 atom stereocenters. The molecular formula is C13H20N2O4S. The van der Waals surface area contributed by atoms with E-state index >= 15 is 0 Å². The molecule has 0 unspecified atom stereocenters. The number of nitrogens with one attached hydrogen (secondary N) is 1. The van der Waals surface area contributed by atoms with Gasteiger partial charge in [0.25, 0.3) is 5.91 Å². The average molecular weight is 300 g/mol. The molecule has 1 N–H and O–H groups in total. The summed E-state index contributed by atoms with van der Waals surface area (Å²) in [6.45, 7) is 4.71. The molecule has 0 aliphatic carbocycles. The second-order valence-electron chi connectivity index (χ2n) is 4.82. The van der Waals surface area contributed by atoms with Gasteiger partial charge >= 0.3 is 0 Å². The molecule has 1 aliphatic rings. The highest BCUT2D eigenvalue weighted by Gasteiger charge is 2.35. The van der Waals surface area contributed by atoms with E-state index in [4.69, 9.17) is 4.42 Å². The minimum Gasteiger partial charge on any atom is -0.456 e. The summed E-state index contributed by atoms with van der Waals surface area (Å²) in [5, 5.41) is -0.535. The number of sulfonamides is 1. The lowest BCUT2D eigenvalue weighted by Gasteiger charge is -2.15. The second-order valence-corrected chi connectivity index (χ2v) is 6.87. The van der Waals surface area contributed by atoms with Gasteiger partial charge < -0.3 is 9.32 Å². The molecule has 1 aromatic heterocycles. The van der Waals surface area contributed by atoms with Gasteiger partial charge in [0.05, 0.1) is 5.25 Å². The summed E-state index contributed by atoms with van der Waals surface area (Å²) in [6, 6.07) is 3.42. The van der Waals surface area contributed by atoms with Gasteiger partial charge in [-0.25, -0.2) is 13.1 Å². The van der Waals surface area contributed by atoms with Crippen LogP contribution in [0.4, 0.5) is 0 Å². The van der Waals surface area contributed by atoms with Gasteiger partial charge in [0, 0.05) is 26.1 Å². The zero-order valence-electron chi connectivity index (χ0n) is 11.8. The number of carbonyl (C=O) groups excluding carboxylic acids is 1. The van der Waals surface area contributed by atoms with Crippen LogP contribution >= 0.6 is 0 Å². The minimum absolute atomic E-state index is 0.219. The molecule has 1 aromatic rings. The first kappa shape index (κ1) is 15.1. The van der Waals surface area contributed by atoms with Crippen LogP contribution in [0.3, 0.4) is 0 Å². The van der Waals surface area contributed by atoms with Crippen molar-refractivity contribution in [2.45, 2.75) is 31.9 Å². The summed E-state index contributed by atoms with van der Waals surface area (Å²) < 4.78 is 31.7. The molecule has 112 valence electrons. The van der Waals surface area contributed by atoms with Gasteiger partial charge in [-0.2, -0.15) is 0 Å². The lowest BCUT2D eigenvalue weighted by atomic mass is 10.3. The maximum absolute atomic E-state index is 12.2. The van der Waals surface area contributed by atoms with Crippen molar-refractivity contribution >= 4 is 15.9 Å². The Labute approximate surface area is 119 Å². The van der Waals surface area contributed by atoms with Crippen molar-refractivity contribution in [2.75, 3.05) is 19.6 Å². The van der Waals surface area contributed by atoms with Crippen LogP contribution in [-0.2, 0) is 16.4 Å². The Morgan fingerprint density at radius 3 is 2.80 bits per heavy atom. The molecule has 0 spiro atoms. The molecule has 6 nitrogen and oxygen atoms in total. The fourth-order valence-electron chi connectivity index (χ4n) is 2.32. The van der Waals surface area contributed by atoms with Gasteiger partial charge in [0.15, 0.2) is 5.76 Å². The topological polar surface area (TPSA) is 79.6 Å². The monoisotopic (exact) mass is 300 g/mol. The number of likely N-dealkylation sites (tertiary alicyclic amines) is 1. The van der Waals surface area contributed by atoms with Gasteiger partial charge in [-0.05, 0) is 18.6 Å². The fourth-order valence-corrected chi connectivity index (χ4v) is 3.75. The van der Waals surface area contributed by atoms with Crippen LogP contribution in [0.25, 0.3) is 0 Å². The number of carbonyl (C=O) groups is 1. The number of furan rings is 1. The molecule has 0 radical (unpaired) electrons. The fraction of sp³-hybridized carbons (Fsp3) is 0.615. The van der Waals surface area contributed by atoms with E-state index in [1.165, 1.54) is 4.90 Å². The number of amides is 1. The van der Waals surface area contributed by atoms with Crippen molar-refractivity contribution in [3.63, 3.8) is 0 Å². The van der Waals surface area contributed by atoms with Crippen molar-refractivity contribution in [3.05, 3.63) is 23.7 Å². The van der Waals surface area contributed by atoms with E-state index in [-0.39, 0.29) is 18.2 Å². The van der Waals surface area contributed by atoms with Crippen molar-refractivity contribution in [1.82, 2.24) is 9.62 Å². The minimum atomic E-state index is -3.33. The van der Waals surface area contributed by atoms with Crippen molar-refractivity contribution in [2.24, 2.45) is 0 Å². The SMILES string of the molecule is CCNS(=O)(=O)[C@@H]1CCN(C(=O)c2ccc(CC)o2)C1. The Kier molecular flexibility index (Phi) is 4.49. The Balaban J connectivity index is 2.04. The largest absolute Gasteiger partial charge is 0.456 e. The third kappa shape index (κ3) is 3.04. The third-order valence-electron chi connectivity index (χ3n) is 3.44.